The molecule has 0 aliphatic carbocycles. The number of sulfonamides is 1. The van der Waals surface area contributed by atoms with Crippen molar-refractivity contribution in [3.05, 3.63) is 52.5 Å². The highest BCUT2D eigenvalue weighted by molar-refractivity contribution is 7.88. The second-order valence-corrected chi connectivity index (χ2v) is 7.21. The summed E-state index contributed by atoms with van der Waals surface area (Å²) in [4.78, 5) is 14.9. The molecule has 6 nitrogen and oxygen atoms in total. The highest BCUT2D eigenvalue weighted by atomic mass is 32.2. The van der Waals surface area contributed by atoms with Crippen molar-refractivity contribution in [2.75, 3.05) is 6.26 Å². The maximum Gasteiger partial charge on any atom is 0.237 e. The quantitative estimate of drug-likeness (QED) is 0.440. The number of hydrazine groups is 1. The lowest BCUT2D eigenvalue weighted by atomic mass is 10.2. The minimum absolute atomic E-state index is 0.0503. The first-order valence-electron chi connectivity index (χ1n) is 6.18. The van der Waals surface area contributed by atoms with Crippen molar-refractivity contribution in [3.8, 4) is 0 Å². The van der Waals surface area contributed by atoms with Crippen LogP contribution in [0, 0.1) is 0 Å². The Morgan fingerprint density at radius 3 is 2.81 bits per heavy atom. The fraction of sp³-hybridized carbons (Fsp3) is 0.231. The fourth-order valence-corrected chi connectivity index (χ4v) is 2.72. The van der Waals surface area contributed by atoms with Gasteiger partial charge < -0.3 is 0 Å². The standard InChI is InChI=1S/C13H16N3O3S2/c1-21(18,19)15-14-8-11-4-2-6-16(9-11)10-12(17)13-5-3-7-20-13/h2-7,9,14-15H,8,10H2,1H3/q+1. The Morgan fingerprint density at radius 2 is 2.14 bits per heavy atom. The molecule has 0 aliphatic heterocycles. The van der Waals surface area contributed by atoms with Crippen molar-refractivity contribution in [1.82, 2.24) is 10.3 Å². The van der Waals surface area contributed by atoms with Gasteiger partial charge in [0, 0.05) is 18.2 Å². The molecule has 0 aliphatic rings. The first-order valence-corrected chi connectivity index (χ1v) is 8.95. The number of carbonyl (C=O) groups is 1. The molecular formula is C13H16N3O3S2+. The Morgan fingerprint density at radius 1 is 1.33 bits per heavy atom. The summed E-state index contributed by atoms with van der Waals surface area (Å²) >= 11 is 1.42. The molecule has 0 saturated carbocycles. The van der Waals surface area contributed by atoms with Crippen molar-refractivity contribution in [2.45, 2.75) is 13.1 Å². The number of pyridine rings is 1. The molecule has 112 valence electrons. The molecule has 2 aromatic rings. The summed E-state index contributed by atoms with van der Waals surface area (Å²) in [6.45, 7) is 0.592. The van der Waals surface area contributed by atoms with Crippen LogP contribution >= 0.6 is 11.3 Å². The molecule has 0 saturated heterocycles. The van der Waals surface area contributed by atoms with Crippen LogP contribution in [0.15, 0.2) is 42.0 Å². The van der Waals surface area contributed by atoms with Crippen LogP contribution in [0.3, 0.4) is 0 Å². The van der Waals surface area contributed by atoms with Crippen molar-refractivity contribution in [2.24, 2.45) is 0 Å². The lowest BCUT2D eigenvalue weighted by Gasteiger charge is -2.04. The van der Waals surface area contributed by atoms with Gasteiger partial charge in [-0.3, -0.25) is 4.79 Å². The van der Waals surface area contributed by atoms with Crippen LogP contribution in [-0.2, 0) is 23.1 Å². The highest BCUT2D eigenvalue weighted by Gasteiger charge is 2.13. The molecule has 0 aromatic carbocycles. The van der Waals surface area contributed by atoms with Crippen molar-refractivity contribution in [3.63, 3.8) is 0 Å². The van der Waals surface area contributed by atoms with Gasteiger partial charge in [-0.05, 0) is 17.5 Å². The molecule has 0 spiro atoms. The highest BCUT2D eigenvalue weighted by Crippen LogP contribution is 2.09. The van der Waals surface area contributed by atoms with Crippen molar-refractivity contribution < 1.29 is 17.8 Å². The van der Waals surface area contributed by atoms with Crippen LogP contribution in [0.5, 0.6) is 0 Å². The number of nitrogens with one attached hydrogen (secondary N) is 2. The molecule has 0 amide bonds. The van der Waals surface area contributed by atoms with Crippen LogP contribution in [0.4, 0.5) is 0 Å². The van der Waals surface area contributed by atoms with E-state index in [1.165, 1.54) is 11.3 Å². The zero-order valence-corrected chi connectivity index (χ0v) is 13.1. The van der Waals surface area contributed by atoms with Crippen LogP contribution < -0.4 is 14.8 Å². The zero-order valence-electron chi connectivity index (χ0n) is 11.4. The minimum Gasteiger partial charge on any atom is -0.286 e. The summed E-state index contributed by atoms with van der Waals surface area (Å²) < 4.78 is 23.7. The van der Waals surface area contributed by atoms with Gasteiger partial charge in [-0.2, -0.15) is 9.40 Å². The van der Waals surface area contributed by atoms with Gasteiger partial charge in [0.1, 0.15) is 0 Å². The molecule has 8 heteroatoms. The van der Waals surface area contributed by atoms with E-state index >= 15 is 0 Å². The van der Waals surface area contributed by atoms with Crippen molar-refractivity contribution >= 4 is 27.1 Å². The molecule has 0 unspecified atom stereocenters. The average molecular weight is 326 g/mol. The number of aromatic nitrogens is 1. The summed E-state index contributed by atoms with van der Waals surface area (Å²) in [7, 11) is -3.27. The van der Waals surface area contributed by atoms with Gasteiger partial charge in [0.05, 0.1) is 11.1 Å². The predicted octanol–water partition coefficient (Wildman–Crippen LogP) is 0.472. The third-order valence-corrected chi connectivity index (χ3v) is 4.02. The number of nitrogens with zero attached hydrogens (tertiary/aromatic N) is 1. The van der Waals surface area contributed by atoms with Crippen LogP contribution in [0.1, 0.15) is 15.2 Å². The third-order valence-electron chi connectivity index (χ3n) is 2.59. The lowest BCUT2D eigenvalue weighted by Crippen LogP contribution is -2.39. The molecule has 0 atom stereocenters. The second kappa shape index (κ2) is 6.90. The maximum atomic E-state index is 12.0. The topological polar surface area (TPSA) is 79.2 Å². The summed E-state index contributed by atoms with van der Waals surface area (Å²) in [5.41, 5.74) is 3.48. The normalized spacial score (nSPS) is 11.5. The number of carbonyl (C=O) groups excluding carboxylic acids is 1. The number of hydrogen-bond acceptors (Lipinski definition) is 5. The Bertz CT molecular complexity index is 712. The van der Waals surface area contributed by atoms with E-state index in [-0.39, 0.29) is 12.3 Å². The van der Waals surface area contributed by atoms with Gasteiger partial charge in [0.25, 0.3) is 0 Å². The molecule has 2 rings (SSSR count). The van der Waals surface area contributed by atoms with E-state index in [1.807, 2.05) is 29.8 Å². The average Bonchev–Trinajstić information content (AvgIpc) is 2.91. The second-order valence-electron chi connectivity index (χ2n) is 4.51. The van der Waals surface area contributed by atoms with Gasteiger partial charge >= 0.3 is 0 Å². The van der Waals surface area contributed by atoms with Crippen LogP contribution in [-0.4, -0.2) is 20.5 Å². The first kappa shape index (κ1) is 15.8. The summed E-state index contributed by atoms with van der Waals surface area (Å²) in [5, 5.41) is 1.87. The summed E-state index contributed by atoms with van der Waals surface area (Å²) in [5.74, 6) is 0.0503. The fourth-order valence-electron chi connectivity index (χ4n) is 1.73. The zero-order chi connectivity index (χ0) is 15.3. The molecule has 2 aromatic heterocycles. The molecule has 2 heterocycles. The van der Waals surface area contributed by atoms with Crippen LogP contribution in [0.2, 0.25) is 0 Å². The first-order chi connectivity index (χ1) is 9.94. The van der Waals surface area contributed by atoms with Gasteiger partial charge in [-0.15, -0.1) is 11.3 Å². The largest absolute Gasteiger partial charge is 0.286 e. The van der Waals surface area contributed by atoms with E-state index in [9.17, 15) is 13.2 Å². The SMILES string of the molecule is CS(=O)(=O)NNCc1ccc[n+](CC(=O)c2cccs2)c1. The van der Waals surface area contributed by atoms with E-state index in [4.69, 9.17) is 0 Å². The Balaban J connectivity index is 1.96. The molecule has 0 fully saturated rings. The number of ketones is 1. The number of Topliss-reactive ketones (excluding diaryl/α,β-unsaturated/α-hetero) is 1. The van der Waals surface area contributed by atoms with Gasteiger partial charge in [0.2, 0.25) is 22.4 Å². The predicted molar refractivity (Wildman–Crippen MR) is 80.1 cm³/mol. The van der Waals surface area contributed by atoms with E-state index in [0.717, 1.165) is 16.7 Å². The van der Waals surface area contributed by atoms with Crippen molar-refractivity contribution in [1.29, 1.82) is 0 Å². The smallest absolute Gasteiger partial charge is 0.237 e. The van der Waals surface area contributed by atoms with Crippen LogP contribution in [0.25, 0.3) is 0 Å². The van der Waals surface area contributed by atoms with E-state index in [0.29, 0.717) is 6.54 Å². The summed E-state index contributed by atoms with van der Waals surface area (Å²) in [6, 6.07) is 7.32. The summed E-state index contributed by atoms with van der Waals surface area (Å²) in [6.07, 6.45) is 4.69. The number of hydrogen-bond donors (Lipinski definition) is 2. The molecular weight excluding hydrogens is 310 g/mol. The maximum absolute atomic E-state index is 12.0. The number of thiophene rings is 1. The van der Waals surface area contributed by atoms with Gasteiger partial charge in [-0.25, -0.2) is 13.8 Å². The monoisotopic (exact) mass is 326 g/mol. The van der Waals surface area contributed by atoms with E-state index < -0.39 is 10.0 Å². The minimum atomic E-state index is -3.27. The van der Waals surface area contributed by atoms with Gasteiger partial charge in [0.15, 0.2) is 12.4 Å². The molecule has 0 bridgehead atoms. The Kier molecular flexibility index (Phi) is 5.18. The number of rotatable bonds is 7. The third kappa shape index (κ3) is 5.35. The van der Waals surface area contributed by atoms with Gasteiger partial charge in [-0.1, -0.05) is 6.07 Å². The molecule has 0 radical (unpaired) electrons. The van der Waals surface area contributed by atoms with E-state index in [1.54, 1.807) is 16.8 Å². The lowest BCUT2D eigenvalue weighted by molar-refractivity contribution is -0.683. The Labute approximate surface area is 127 Å². The Hall–Kier alpha value is -1.61. The molecule has 2 N–H and O–H groups in total. The molecule has 21 heavy (non-hydrogen) atoms. The van der Waals surface area contributed by atoms with E-state index in [2.05, 4.69) is 10.3 Å².